The van der Waals surface area contributed by atoms with E-state index in [0.29, 0.717) is 30.9 Å². The van der Waals surface area contributed by atoms with Crippen molar-refractivity contribution >= 4 is 11.9 Å². The smallest absolute Gasteiger partial charge is 0.303 e. The number of carbonyl (C=O) groups is 2. The van der Waals surface area contributed by atoms with Gasteiger partial charge in [-0.1, -0.05) is 19.9 Å². The summed E-state index contributed by atoms with van der Waals surface area (Å²) in [6, 6.07) is 5.92. The van der Waals surface area contributed by atoms with E-state index in [1.807, 2.05) is 13.8 Å². The number of rotatable bonds is 8. The molecule has 0 radical (unpaired) electrons. The highest BCUT2D eigenvalue weighted by molar-refractivity contribution is 5.90. The van der Waals surface area contributed by atoms with Crippen molar-refractivity contribution in [2.45, 2.75) is 39.0 Å². The fraction of sp³-hybridized carbons (Fsp3) is 0.412. The molecule has 25 heavy (non-hydrogen) atoms. The lowest BCUT2D eigenvalue weighted by Crippen LogP contribution is -2.25. The second kappa shape index (κ2) is 8.36. The number of carboxylic acid groups (broad SMARTS) is 1. The van der Waals surface area contributed by atoms with Gasteiger partial charge in [0, 0.05) is 18.9 Å². The number of aromatic nitrogens is 3. The van der Waals surface area contributed by atoms with Crippen LogP contribution in [0.4, 0.5) is 4.39 Å². The van der Waals surface area contributed by atoms with Gasteiger partial charge in [0.2, 0.25) is 5.82 Å². The van der Waals surface area contributed by atoms with Gasteiger partial charge in [-0.25, -0.2) is 14.1 Å². The predicted molar refractivity (Wildman–Crippen MR) is 89.2 cm³/mol. The highest BCUT2D eigenvalue weighted by Gasteiger charge is 2.19. The zero-order valence-corrected chi connectivity index (χ0v) is 14.2. The zero-order valence-electron chi connectivity index (χ0n) is 14.2. The standard InChI is InChI=1S/C17H21FN4O3/c1-11(2)16-20-15(17(25)19-9-4-3-8-14(23)24)21-22(16)13-7-5-6-12(18)10-13/h5-7,10-11H,3-4,8-9H2,1-2H3,(H,19,25)(H,23,24). The number of hydrogen-bond donors (Lipinski definition) is 2. The monoisotopic (exact) mass is 348 g/mol. The molecule has 2 aromatic rings. The first-order valence-corrected chi connectivity index (χ1v) is 8.11. The van der Waals surface area contributed by atoms with Gasteiger partial charge in [0.05, 0.1) is 5.69 Å². The van der Waals surface area contributed by atoms with Crippen molar-refractivity contribution in [1.29, 1.82) is 0 Å². The molecule has 7 nitrogen and oxygen atoms in total. The van der Waals surface area contributed by atoms with Crippen LogP contribution in [0.25, 0.3) is 5.69 Å². The van der Waals surface area contributed by atoms with Crippen LogP contribution in [0.1, 0.15) is 55.5 Å². The third-order valence-corrected chi connectivity index (χ3v) is 3.51. The minimum atomic E-state index is -0.858. The Kier molecular flexibility index (Phi) is 6.21. The molecule has 0 aliphatic heterocycles. The van der Waals surface area contributed by atoms with Crippen LogP contribution in [-0.4, -0.2) is 38.3 Å². The van der Waals surface area contributed by atoms with Crippen molar-refractivity contribution in [3.8, 4) is 5.69 Å². The Bertz CT molecular complexity index is 758. The van der Waals surface area contributed by atoms with Crippen molar-refractivity contribution in [3.05, 3.63) is 41.7 Å². The third kappa shape index (κ3) is 5.10. The summed E-state index contributed by atoms with van der Waals surface area (Å²) < 4.78 is 14.9. The van der Waals surface area contributed by atoms with Gasteiger partial charge in [0.1, 0.15) is 11.6 Å². The molecule has 0 spiro atoms. The summed E-state index contributed by atoms with van der Waals surface area (Å²) in [6.07, 6.45) is 1.11. The summed E-state index contributed by atoms with van der Waals surface area (Å²) >= 11 is 0. The second-order valence-electron chi connectivity index (χ2n) is 5.95. The average Bonchev–Trinajstić information content (AvgIpc) is 2.99. The first kappa shape index (κ1) is 18.6. The number of unbranched alkanes of at least 4 members (excludes halogenated alkanes) is 1. The Hall–Kier alpha value is -2.77. The Morgan fingerprint density at radius 3 is 2.72 bits per heavy atom. The molecule has 1 amide bonds. The maximum Gasteiger partial charge on any atom is 0.303 e. The highest BCUT2D eigenvalue weighted by Crippen LogP contribution is 2.18. The van der Waals surface area contributed by atoms with E-state index in [9.17, 15) is 14.0 Å². The van der Waals surface area contributed by atoms with Crippen LogP contribution in [0.5, 0.6) is 0 Å². The molecule has 0 fully saturated rings. The Morgan fingerprint density at radius 2 is 2.08 bits per heavy atom. The Morgan fingerprint density at radius 1 is 1.32 bits per heavy atom. The average molecular weight is 348 g/mol. The SMILES string of the molecule is CC(C)c1nc(C(=O)NCCCCC(=O)O)nn1-c1cccc(F)c1. The largest absolute Gasteiger partial charge is 0.481 e. The second-order valence-corrected chi connectivity index (χ2v) is 5.95. The van der Waals surface area contributed by atoms with Crippen molar-refractivity contribution in [1.82, 2.24) is 20.1 Å². The number of nitrogens with zero attached hydrogens (tertiary/aromatic N) is 3. The summed E-state index contributed by atoms with van der Waals surface area (Å²) in [4.78, 5) is 26.9. The molecule has 1 aromatic carbocycles. The molecule has 0 atom stereocenters. The number of carboxylic acids is 1. The van der Waals surface area contributed by atoms with Crippen LogP contribution < -0.4 is 5.32 Å². The first-order chi connectivity index (χ1) is 11.9. The molecule has 2 rings (SSSR count). The summed E-state index contributed by atoms with van der Waals surface area (Å²) in [5.41, 5.74) is 0.497. The van der Waals surface area contributed by atoms with Crippen LogP contribution in [0.3, 0.4) is 0 Å². The minimum Gasteiger partial charge on any atom is -0.481 e. The summed E-state index contributed by atoms with van der Waals surface area (Å²) in [7, 11) is 0. The summed E-state index contributed by atoms with van der Waals surface area (Å²) in [5, 5.41) is 15.4. The predicted octanol–water partition coefficient (Wildman–Crippen LogP) is 2.51. The number of benzene rings is 1. The molecule has 0 unspecified atom stereocenters. The molecule has 134 valence electrons. The van der Waals surface area contributed by atoms with E-state index in [-0.39, 0.29) is 18.2 Å². The number of hydrogen-bond acceptors (Lipinski definition) is 4. The lowest BCUT2D eigenvalue weighted by Gasteiger charge is -2.07. The molecule has 0 aliphatic carbocycles. The van der Waals surface area contributed by atoms with E-state index >= 15 is 0 Å². The van der Waals surface area contributed by atoms with Crippen LogP contribution in [-0.2, 0) is 4.79 Å². The van der Waals surface area contributed by atoms with E-state index < -0.39 is 17.7 Å². The minimum absolute atomic E-state index is 0.00574. The number of carbonyl (C=O) groups excluding carboxylic acids is 1. The topological polar surface area (TPSA) is 97.1 Å². The maximum absolute atomic E-state index is 13.5. The van der Waals surface area contributed by atoms with Crippen LogP contribution in [0.15, 0.2) is 24.3 Å². The van der Waals surface area contributed by atoms with Gasteiger partial charge in [-0.05, 0) is 31.0 Å². The Labute approximate surface area is 144 Å². The third-order valence-electron chi connectivity index (χ3n) is 3.51. The van der Waals surface area contributed by atoms with E-state index in [2.05, 4.69) is 15.4 Å². The molecular formula is C17H21FN4O3. The zero-order chi connectivity index (χ0) is 18.4. The molecule has 0 aliphatic rings. The summed E-state index contributed by atoms with van der Waals surface area (Å²) in [6.45, 7) is 4.17. The van der Waals surface area contributed by atoms with E-state index in [1.54, 1.807) is 12.1 Å². The van der Waals surface area contributed by atoms with Crippen molar-refractivity contribution in [2.75, 3.05) is 6.54 Å². The number of amides is 1. The maximum atomic E-state index is 13.5. The molecule has 1 aromatic heterocycles. The fourth-order valence-corrected chi connectivity index (χ4v) is 2.27. The van der Waals surface area contributed by atoms with Gasteiger partial charge in [-0.15, -0.1) is 5.10 Å². The quantitative estimate of drug-likeness (QED) is 0.715. The molecular weight excluding hydrogens is 327 g/mol. The number of nitrogens with one attached hydrogen (secondary N) is 1. The Balaban J connectivity index is 2.10. The van der Waals surface area contributed by atoms with E-state index in [1.165, 1.54) is 16.8 Å². The van der Waals surface area contributed by atoms with Crippen LogP contribution in [0.2, 0.25) is 0 Å². The molecule has 1 heterocycles. The summed E-state index contributed by atoms with van der Waals surface area (Å²) in [5.74, 6) is -1.14. The van der Waals surface area contributed by atoms with Crippen molar-refractivity contribution in [3.63, 3.8) is 0 Å². The lowest BCUT2D eigenvalue weighted by atomic mass is 10.2. The molecule has 0 saturated carbocycles. The molecule has 2 N–H and O–H groups in total. The molecule has 0 saturated heterocycles. The van der Waals surface area contributed by atoms with E-state index in [0.717, 1.165) is 0 Å². The van der Waals surface area contributed by atoms with Gasteiger partial charge in [-0.3, -0.25) is 9.59 Å². The number of halogens is 1. The van der Waals surface area contributed by atoms with Crippen LogP contribution in [0, 0.1) is 5.82 Å². The lowest BCUT2D eigenvalue weighted by molar-refractivity contribution is -0.137. The van der Waals surface area contributed by atoms with Gasteiger partial charge >= 0.3 is 5.97 Å². The first-order valence-electron chi connectivity index (χ1n) is 8.11. The normalized spacial score (nSPS) is 10.9. The van der Waals surface area contributed by atoms with Gasteiger partial charge in [0.15, 0.2) is 0 Å². The van der Waals surface area contributed by atoms with Crippen LogP contribution >= 0.6 is 0 Å². The van der Waals surface area contributed by atoms with Crippen molar-refractivity contribution in [2.24, 2.45) is 0 Å². The van der Waals surface area contributed by atoms with Gasteiger partial charge in [-0.2, -0.15) is 0 Å². The highest BCUT2D eigenvalue weighted by atomic mass is 19.1. The van der Waals surface area contributed by atoms with Gasteiger partial charge < -0.3 is 10.4 Å². The van der Waals surface area contributed by atoms with Gasteiger partial charge in [0.25, 0.3) is 5.91 Å². The molecule has 0 bridgehead atoms. The fourth-order valence-electron chi connectivity index (χ4n) is 2.27. The van der Waals surface area contributed by atoms with Crippen molar-refractivity contribution < 1.29 is 19.1 Å². The van der Waals surface area contributed by atoms with E-state index in [4.69, 9.17) is 5.11 Å². The number of aliphatic carboxylic acids is 1. The molecule has 8 heteroatoms.